The van der Waals surface area contributed by atoms with E-state index in [0.717, 1.165) is 35.5 Å². The van der Waals surface area contributed by atoms with Crippen molar-refractivity contribution in [3.63, 3.8) is 0 Å². The number of carbonyl (C=O) groups is 1. The molecule has 0 aliphatic carbocycles. The number of para-hydroxylation sites is 2. The number of hydrogen-bond acceptors (Lipinski definition) is 4. The molecule has 5 heteroatoms. The first-order valence-corrected chi connectivity index (χ1v) is 7.21. The van der Waals surface area contributed by atoms with E-state index in [2.05, 4.69) is 9.88 Å². The van der Waals surface area contributed by atoms with E-state index in [1.54, 1.807) is 0 Å². The van der Waals surface area contributed by atoms with Gasteiger partial charge in [-0.05, 0) is 38.8 Å². The molecule has 2 heterocycles. The number of hydrogen-bond donors (Lipinski definition) is 1. The van der Waals surface area contributed by atoms with Gasteiger partial charge in [0.25, 0.3) is 0 Å². The van der Waals surface area contributed by atoms with Crippen LogP contribution in [0.2, 0.25) is 0 Å². The smallest absolute Gasteiger partial charge is 0.311 e. The highest BCUT2D eigenvalue weighted by atomic mass is 16.4. The van der Waals surface area contributed by atoms with Gasteiger partial charge in [-0.25, -0.2) is 9.97 Å². The van der Waals surface area contributed by atoms with E-state index in [1.165, 1.54) is 0 Å². The normalized spacial score (nSPS) is 22.5. The Hall–Kier alpha value is -2.17. The van der Waals surface area contributed by atoms with Crippen LogP contribution in [0.5, 0.6) is 0 Å². The number of carboxylic acids is 1. The van der Waals surface area contributed by atoms with Gasteiger partial charge < -0.3 is 10.0 Å². The lowest BCUT2D eigenvalue weighted by atomic mass is 9.82. The number of benzene rings is 1. The van der Waals surface area contributed by atoms with E-state index < -0.39 is 11.4 Å². The van der Waals surface area contributed by atoms with E-state index in [1.807, 2.05) is 38.1 Å². The van der Waals surface area contributed by atoms with Gasteiger partial charge in [-0.15, -0.1) is 0 Å². The summed E-state index contributed by atoms with van der Waals surface area (Å²) >= 11 is 0. The maximum absolute atomic E-state index is 11.5. The third-order valence-electron chi connectivity index (χ3n) is 4.23. The Morgan fingerprint density at radius 3 is 2.62 bits per heavy atom. The highest BCUT2D eigenvalue weighted by Crippen LogP contribution is 2.33. The molecule has 0 amide bonds. The third-order valence-corrected chi connectivity index (χ3v) is 4.23. The van der Waals surface area contributed by atoms with Crippen LogP contribution < -0.4 is 4.90 Å². The van der Waals surface area contributed by atoms with Gasteiger partial charge in [0.15, 0.2) is 5.82 Å². The summed E-state index contributed by atoms with van der Waals surface area (Å²) in [5.41, 5.74) is 1.86. The molecular weight excluding hydrogens is 266 g/mol. The molecule has 5 nitrogen and oxygen atoms in total. The molecule has 1 aromatic heterocycles. The fourth-order valence-corrected chi connectivity index (χ4v) is 2.97. The van der Waals surface area contributed by atoms with Crippen molar-refractivity contribution in [2.45, 2.75) is 26.7 Å². The first-order valence-electron chi connectivity index (χ1n) is 7.21. The van der Waals surface area contributed by atoms with Crippen molar-refractivity contribution in [2.24, 2.45) is 5.41 Å². The van der Waals surface area contributed by atoms with E-state index in [0.29, 0.717) is 13.0 Å². The molecule has 1 atom stereocenters. The quantitative estimate of drug-likeness (QED) is 0.918. The number of aryl methyl sites for hydroxylation is 1. The minimum atomic E-state index is -0.737. The van der Waals surface area contributed by atoms with Crippen LogP contribution in [0.4, 0.5) is 5.82 Å². The summed E-state index contributed by atoms with van der Waals surface area (Å²) in [6, 6.07) is 7.76. The number of anilines is 1. The summed E-state index contributed by atoms with van der Waals surface area (Å²) in [5.74, 6) is 0.0690. The average molecular weight is 285 g/mol. The van der Waals surface area contributed by atoms with Crippen molar-refractivity contribution in [1.82, 2.24) is 9.97 Å². The zero-order valence-corrected chi connectivity index (χ0v) is 12.3. The summed E-state index contributed by atoms with van der Waals surface area (Å²) in [6.07, 6.45) is 1.57. The molecule has 0 saturated carbocycles. The van der Waals surface area contributed by atoms with E-state index in [4.69, 9.17) is 4.98 Å². The Morgan fingerprint density at radius 1 is 1.29 bits per heavy atom. The largest absolute Gasteiger partial charge is 0.481 e. The van der Waals surface area contributed by atoms with Gasteiger partial charge in [-0.1, -0.05) is 12.1 Å². The first kappa shape index (κ1) is 13.8. The molecule has 0 bridgehead atoms. The number of piperidine rings is 1. The third kappa shape index (κ3) is 2.44. The fourth-order valence-electron chi connectivity index (χ4n) is 2.97. The molecule has 1 N–H and O–H groups in total. The van der Waals surface area contributed by atoms with Crippen molar-refractivity contribution in [2.75, 3.05) is 18.0 Å². The van der Waals surface area contributed by atoms with Crippen molar-refractivity contribution in [3.8, 4) is 0 Å². The fraction of sp³-hybridized carbons (Fsp3) is 0.438. The molecule has 3 rings (SSSR count). The van der Waals surface area contributed by atoms with E-state index in [-0.39, 0.29) is 0 Å². The van der Waals surface area contributed by atoms with E-state index in [9.17, 15) is 9.90 Å². The molecule has 21 heavy (non-hydrogen) atoms. The standard InChI is InChI=1S/C16H19N3O2/c1-11-14(18-13-7-4-3-6-12(13)17-11)19-9-5-8-16(2,10-19)15(20)21/h3-4,6-7H,5,8-10H2,1-2H3,(H,20,21). The Balaban J connectivity index is 2.00. The molecule has 1 aliphatic rings. The van der Waals surface area contributed by atoms with Crippen LogP contribution in [0.3, 0.4) is 0 Å². The van der Waals surface area contributed by atoms with Crippen LogP contribution in [0.15, 0.2) is 24.3 Å². The van der Waals surface area contributed by atoms with Crippen LogP contribution in [0, 0.1) is 12.3 Å². The van der Waals surface area contributed by atoms with E-state index >= 15 is 0 Å². The molecule has 1 aliphatic heterocycles. The molecule has 2 aromatic rings. The topological polar surface area (TPSA) is 66.3 Å². The summed E-state index contributed by atoms with van der Waals surface area (Å²) < 4.78 is 0. The average Bonchev–Trinajstić information content (AvgIpc) is 2.46. The van der Waals surface area contributed by atoms with Crippen LogP contribution in [-0.4, -0.2) is 34.1 Å². The van der Waals surface area contributed by atoms with Crippen LogP contribution in [0.25, 0.3) is 11.0 Å². The van der Waals surface area contributed by atoms with Gasteiger partial charge >= 0.3 is 5.97 Å². The second-order valence-electron chi connectivity index (χ2n) is 6.01. The molecular formula is C16H19N3O2. The van der Waals surface area contributed by atoms with Gasteiger partial charge in [0.2, 0.25) is 0 Å². The van der Waals surface area contributed by atoms with Gasteiger partial charge in [0, 0.05) is 13.1 Å². The highest BCUT2D eigenvalue weighted by molar-refractivity contribution is 5.78. The molecule has 110 valence electrons. The zero-order chi connectivity index (χ0) is 15.0. The highest BCUT2D eigenvalue weighted by Gasteiger charge is 2.38. The van der Waals surface area contributed by atoms with Crippen LogP contribution in [-0.2, 0) is 4.79 Å². The Kier molecular flexibility index (Phi) is 3.27. The van der Waals surface area contributed by atoms with Crippen molar-refractivity contribution >= 4 is 22.8 Å². The second-order valence-corrected chi connectivity index (χ2v) is 6.01. The lowest BCUT2D eigenvalue weighted by Gasteiger charge is -2.38. The molecule has 1 fully saturated rings. The maximum atomic E-state index is 11.5. The van der Waals surface area contributed by atoms with Gasteiger partial charge in [0.05, 0.1) is 22.1 Å². The summed E-state index contributed by atoms with van der Waals surface area (Å²) in [4.78, 5) is 22.8. The van der Waals surface area contributed by atoms with Gasteiger partial charge in [-0.2, -0.15) is 0 Å². The minimum Gasteiger partial charge on any atom is -0.481 e. The van der Waals surface area contributed by atoms with Crippen molar-refractivity contribution < 1.29 is 9.90 Å². The summed E-state index contributed by atoms with van der Waals surface area (Å²) in [6.45, 7) is 5.06. The molecule has 0 spiro atoms. The maximum Gasteiger partial charge on any atom is 0.311 e. The second kappa shape index (κ2) is 4.98. The predicted octanol–water partition coefficient (Wildman–Crippen LogP) is 2.63. The number of aromatic nitrogens is 2. The Morgan fingerprint density at radius 2 is 1.95 bits per heavy atom. The summed E-state index contributed by atoms with van der Waals surface area (Å²) in [5, 5.41) is 9.44. The van der Waals surface area contributed by atoms with Gasteiger partial charge in [0.1, 0.15) is 0 Å². The van der Waals surface area contributed by atoms with Crippen molar-refractivity contribution in [3.05, 3.63) is 30.0 Å². The number of carboxylic acid groups (broad SMARTS) is 1. The van der Waals surface area contributed by atoms with Crippen LogP contribution in [0.1, 0.15) is 25.5 Å². The molecule has 1 unspecified atom stereocenters. The van der Waals surface area contributed by atoms with Crippen LogP contribution >= 0.6 is 0 Å². The molecule has 1 saturated heterocycles. The predicted molar refractivity (Wildman–Crippen MR) is 81.5 cm³/mol. The number of fused-ring (bicyclic) bond motifs is 1. The number of aliphatic carboxylic acids is 1. The lowest BCUT2D eigenvalue weighted by Crippen LogP contribution is -2.46. The number of nitrogens with zero attached hydrogens (tertiary/aromatic N) is 3. The molecule has 0 radical (unpaired) electrons. The number of rotatable bonds is 2. The van der Waals surface area contributed by atoms with Crippen molar-refractivity contribution in [1.29, 1.82) is 0 Å². The first-order chi connectivity index (χ1) is 9.99. The van der Waals surface area contributed by atoms with Gasteiger partial charge in [-0.3, -0.25) is 4.79 Å². The lowest BCUT2D eigenvalue weighted by molar-refractivity contribution is -0.148. The Labute approximate surface area is 123 Å². The summed E-state index contributed by atoms with van der Waals surface area (Å²) in [7, 11) is 0. The minimum absolute atomic E-state index is 0.482. The Bertz CT molecular complexity index is 701. The zero-order valence-electron chi connectivity index (χ0n) is 12.3. The SMILES string of the molecule is Cc1nc2ccccc2nc1N1CCCC(C)(C(=O)O)C1. The monoisotopic (exact) mass is 285 g/mol. The molecule has 1 aromatic carbocycles.